The van der Waals surface area contributed by atoms with E-state index in [0.717, 1.165) is 5.75 Å². The summed E-state index contributed by atoms with van der Waals surface area (Å²) in [6, 6.07) is 9.85. The first-order chi connectivity index (χ1) is 8.15. The summed E-state index contributed by atoms with van der Waals surface area (Å²) in [5.74, 6) is 1.28. The third kappa shape index (κ3) is 4.46. The molecular weight excluding hydrogens is 214 g/mol. The Bertz CT molecular complexity index is 382. The number of nitriles is 1. The van der Waals surface area contributed by atoms with Gasteiger partial charge in [0.1, 0.15) is 5.75 Å². The topological polar surface area (TPSA) is 53.2 Å². The minimum Gasteiger partial charge on any atom is -0.493 e. The van der Waals surface area contributed by atoms with Crippen LogP contribution >= 0.6 is 0 Å². The van der Waals surface area contributed by atoms with Crippen molar-refractivity contribution in [2.45, 2.75) is 38.7 Å². The second kappa shape index (κ2) is 6.93. The molecule has 1 N–H and O–H groups in total. The Morgan fingerprint density at radius 1 is 1.35 bits per heavy atom. The van der Waals surface area contributed by atoms with E-state index in [9.17, 15) is 5.11 Å². The van der Waals surface area contributed by atoms with Crippen LogP contribution < -0.4 is 4.74 Å². The molecule has 0 fully saturated rings. The van der Waals surface area contributed by atoms with Gasteiger partial charge in [0.25, 0.3) is 0 Å². The number of para-hydroxylation sites is 1. The lowest BCUT2D eigenvalue weighted by molar-refractivity contribution is 0.143. The second-order valence-electron chi connectivity index (χ2n) is 4.35. The highest BCUT2D eigenvalue weighted by molar-refractivity contribution is 5.35. The van der Waals surface area contributed by atoms with E-state index in [1.165, 1.54) is 5.56 Å². The van der Waals surface area contributed by atoms with Crippen LogP contribution in [0.4, 0.5) is 0 Å². The van der Waals surface area contributed by atoms with E-state index in [1.54, 1.807) is 0 Å². The molecule has 0 aliphatic rings. The number of hydrogen-bond donors (Lipinski definition) is 1. The second-order valence-corrected chi connectivity index (χ2v) is 4.35. The smallest absolute Gasteiger partial charge is 0.122 e. The molecule has 0 saturated carbocycles. The lowest BCUT2D eigenvalue weighted by Gasteiger charge is -2.14. The molecule has 1 aromatic rings. The van der Waals surface area contributed by atoms with E-state index < -0.39 is 6.10 Å². The van der Waals surface area contributed by atoms with Crippen LogP contribution in [0.15, 0.2) is 24.3 Å². The average Bonchev–Trinajstić information content (AvgIpc) is 2.30. The van der Waals surface area contributed by atoms with Gasteiger partial charge in [-0.1, -0.05) is 32.0 Å². The molecule has 0 aliphatic heterocycles. The van der Waals surface area contributed by atoms with Gasteiger partial charge < -0.3 is 9.84 Å². The van der Waals surface area contributed by atoms with Crippen LogP contribution in [-0.2, 0) is 0 Å². The first-order valence-corrected chi connectivity index (χ1v) is 5.92. The van der Waals surface area contributed by atoms with Gasteiger partial charge in [0, 0.05) is 6.42 Å². The van der Waals surface area contributed by atoms with Crippen molar-refractivity contribution in [3.05, 3.63) is 29.8 Å². The van der Waals surface area contributed by atoms with Crippen molar-refractivity contribution in [3.63, 3.8) is 0 Å². The van der Waals surface area contributed by atoms with Crippen molar-refractivity contribution in [2.24, 2.45) is 0 Å². The molecule has 0 radical (unpaired) electrons. The lowest BCUT2D eigenvalue weighted by Crippen LogP contribution is -2.11. The number of aliphatic hydroxyl groups is 1. The van der Waals surface area contributed by atoms with E-state index in [2.05, 4.69) is 13.8 Å². The van der Waals surface area contributed by atoms with Gasteiger partial charge >= 0.3 is 0 Å². The highest BCUT2D eigenvalue weighted by Crippen LogP contribution is 2.25. The Balaban J connectivity index is 2.49. The van der Waals surface area contributed by atoms with Crippen molar-refractivity contribution < 1.29 is 9.84 Å². The molecule has 0 aromatic heterocycles. The zero-order chi connectivity index (χ0) is 12.7. The summed E-state index contributed by atoms with van der Waals surface area (Å²) in [5.41, 5.74) is 1.17. The number of hydrogen-bond acceptors (Lipinski definition) is 3. The maximum atomic E-state index is 9.40. The van der Waals surface area contributed by atoms with Gasteiger partial charge in [-0.15, -0.1) is 0 Å². The van der Waals surface area contributed by atoms with Crippen molar-refractivity contribution in [3.8, 4) is 11.8 Å². The van der Waals surface area contributed by atoms with Crippen molar-refractivity contribution in [2.75, 3.05) is 6.61 Å². The van der Waals surface area contributed by atoms with Gasteiger partial charge in [0.05, 0.1) is 25.2 Å². The van der Waals surface area contributed by atoms with Crippen LogP contribution in [0.25, 0.3) is 0 Å². The first kappa shape index (κ1) is 13.5. The summed E-state index contributed by atoms with van der Waals surface area (Å²) < 4.78 is 5.65. The van der Waals surface area contributed by atoms with E-state index >= 15 is 0 Å². The fraction of sp³-hybridized carbons (Fsp3) is 0.500. The molecule has 1 atom stereocenters. The Kier molecular flexibility index (Phi) is 5.51. The van der Waals surface area contributed by atoms with Gasteiger partial charge in [-0.25, -0.2) is 0 Å². The Morgan fingerprint density at radius 2 is 2.06 bits per heavy atom. The molecule has 3 nitrogen and oxygen atoms in total. The molecule has 0 saturated heterocycles. The Hall–Kier alpha value is -1.53. The predicted octanol–water partition coefficient (Wildman–Crippen LogP) is 2.85. The van der Waals surface area contributed by atoms with E-state index in [0.29, 0.717) is 18.9 Å². The van der Waals surface area contributed by atoms with Crippen molar-refractivity contribution in [1.29, 1.82) is 5.26 Å². The van der Waals surface area contributed by atoms with Crippen molar-refractivity contribution >= 4 is 0 Å². The average molecular weight is 233 g/mol. The number of benzene rings is 1. The summed E-state index contributed by atoms with van der Waals surface area (Å²) in [4.78, 5) is 0. The van der Waals surface area contributed by atoms with Gasteiger partial charge in [0.2, 0.25) is 0 Å². The van der Waals surface area contributed by atoms with Gasteiger partial charge in [0.15, 0.2) is 0 Å². The molecule has 0 heterocycles. The van der Waals surface area contributed by atoms with Gasteiger partial charge in [-0.2, -0.15) is 5.26 Å². The van der Waals surface area contributed by atoms with Gasteiger partial charge in [-0.05, 0) is 17.5 Å². The molecule has 0 bridgehead atoms. The summed E-state index contributed by atoms with van der Waals surface area (Å²) in [5, 5.41) is 17.8. The standard InChI is InChI=1S/C14H19NO2/c1-11(2)13-5-3-4-6-14(13)17-10-8-12(16)7-9-15/h3-6,11-12,16H,7-8,10H2,1-2H3. The van der Waals surface area contributed by atoms with Crippen LogP contribution in [0.2, 0.25) is 0 Å². The summed E-state index contributed by atoms with van der Waals surface area (Å²) >= 11 is 0. The third-order valence-corrected chi connectivity index (χ3v) is 2.58. The monoisotopic (exact) mass is 233 g/mol. The quantitative estimate of drug-likeness (QED) is 0.822. The molecule has 17 heavy (non-hydrogen) atoms. The molecular formula is C14H19NO2. The highest BCUT2D eigenvalue weighted by Gasteiger charge is 2.08. The lowest BCUT2D eigenvalue weighted by atomic mass is 10.0. The minimum atomic E-state index is -0.591. The highest BCUT2D eigenvalue weighted by atomic mass is 16.5. The minimum absolute atomic E-state index is 0.162. The van der Waals surface area contributed by atoms with Crippen LogP contribution in [0.5, 0.6) is 5.75 Å². The molecule has 0 aliphatic carbocycles. The van der Waals surface area contributed by atoms with E-state index in [4.69, 9.17) is 10.00 Å². The largest absolute Gasteiger partial charge is 0.493 e. The summed E-state index contributed by atoms with van der Waals surface area (Å²) in [6.07, 6.45) is 0.0565. The maximum absolute atomic E-state index is 9.40. The number of nitrogens with zero attached hydrogens (tertiary/aromatic N) is 1. The number of aliphatic hydroxyl groups excluding tert-OH is 1. The molecule has 92 valence electrons. The molecule has 1 rings (SSSR count). The molecule has 0 amide bonds. The Morgan fingerprint density at radius 3 is 2.71 bits per heavy atom. The van der Waals surface area contributed by atoms with E-state index in [1.807, 2.05) is 30.3 Å². The van der Waals surface area contributed by atoms with Crippen LogP contribution in [-0.4, -0.2) is 17.8 Å². The van der Waals surface area contributed by atoms with Gasteiger partial charge in [-0.3, -0.25) is 0 Å². The first-order valence-electron chi connectivity index (χ1n) is 5.92. The van der Waals surface area contributed by atoms with Crippen LogP contribution in [0.3, 0.4) is 0 Å². The summed E-state index contributed by atoms with van der Waals surface area (Å²) in [7, 11) is 0. The third-order valence-electron chi connectivity index (χ3n) is 2.58. The normalized spacial score (nSPS) is 12.2. The van der Waals surface area contributed by atoms with Crippen LogP contribution in [0, 0.1) is 11.3 Å². The zero-order valence-corrected chi connectivity index (χ0v) is 10.4. The maximum Gasteiger partial charge on any atom is 0.122 e. The predicted molar refractivity (Wildman–Crippen MR) is 66.9 cm³/mol. The fourth-order valence-corrected chi connectivity index (χ4v) is 1.60. The molecule has 3 heteroatoms. The summed E-state index contributed by atoms with van der Waals surface area (Å²) in [6.45, 7) is 4.67. The molecule has 1 unspecified atom stereocenters. The van der Waals surface area contributed by atoms with E-state index in [-0.39, 0.29) is 6.42 Å². The number of ether oxygens (including phenoxy) is 1. The molecule has 0 spiro atoms. The van der Waals surface area contributed by atoms with Crippen molar-refractivity contribution in [1.82, 2.24) is 0 Å². The Labute approximate surface area is 103 Å². The zero-order valence-electron chi connectivity index (χ0n) is 10.4. The SMILES string of the molecule is CC(C)c1ccccc1OCCC(O)CC#N. The molecule has 1 aromatic carbocycles. The fourth-order valence-electron chi connectivity index (χ4n) is 1.60. The van der Waals surface area contributed by atoms with Crippen LogP contribution in [0.1, 0.15) is 38.2 Å². The number of rotatable bonds is 6.